The summed E-state index contributed by atoms with van der Waals surface area (Å²) in [6.07, 6.45) is -0.627. The zero-order chi connectivity index (χ0) is 18.9. The van der Waals surface area contributed by atoms with E-state index in [-0.39, 0.29) is 12.4 Å². The Kier molecular flexibility index (Phi) is 7.44. The Hall–Kier alpha value is -2.57. The summed E-state index contributed by atoms with van der Waals surface area (Å²) < 4.78 is 16.1. The van der Waals surface area contributed by atoms with Crippen molar-refractivity contribution < 1.29 is 29.4 Å². The van der Waals surface area contributed by atoms with Crippen molar-refractivity contribution in [2.24, 2.45) is 0 Å². The SMILES string of the molecule is COc1cccc(C[NH2+]C[C@H](O)COc2ccc(C(C)=O)cc2OC)c1. The van der Waals surface area contributed by atoms with E-state index in [2.05, 4.69) is 0 Å². The third kappa shape index (κ3) is 5.75. The average Bonchev–Trinajstić information content (AvgIpc) is 2.66. The molecule has 1 atom stereocenters. The van der Waals surface area contributed by atoms with Crippen LogP contribution in [0.2, 0.25) is 0 Å². The van der Waals surface area contributed by atoms with Gasteiger partial charge in [0, 0.05) is 11.1 Å². The Morgan fingerprint density at radius 2 is 1.92 bits per heavy atom. The number of Topliss-reactive ketones (excluding diaryl/α,β-unsaturated/α-hetero) is 1. The fraction of sp³-hybridized carbons (Fsp3) is 0.350. The van der Waals surface area contributed by atoms with E-state index in [0.29, 0.717) is 23.6 Å². The summed E-state index contributed by atoms with van der Waals surface area (Å²) in [4.78, 5) is 11.4. The zero-order valence-electron chi connectivity index (χ0n) is 15.4. The number of nitrogens with two attached hydrogens (primary N) is 1. The fourth-order valence-corrected chi connectivity index (χ4v) is 2.50. The predicted octanol–water partition coefficient (Wildman–Crippen LogP) is 1.41. The van der Waals surface area contributed by atoms with Crippen molar-refractivity contribution in [2.75, 3.05) is 27.4 Å². The lowest BCUT2D eigenvalue weighted by Gasteiger charge is -2.14. The van der Waals surface area contributed by atoms with Gasteiger partial charge in [0.05, 0.1) is 14.2 Å². The van der Waals surface area contributed by atoms with Gasteiger partial charge >= 0.3 is 0 Å². The summed E-state index contributed by atoms with van der Waals surface area (Å²) in [7, 11) is 3.16. The van der Waals surface area contributed by atoms with Gasteiger partial charge in [-0.1, -0.05) is 12.1 Å². The molecular formula is C20H26NO5+. The topological polar surface area (TPSA) is 81.6 Å². The normalized spacial score (nSPS) is 11.7. The van der Waals surface area contributed by atoms with Crippen molar-refractivity contribution in [3.63, 3.8) is 0 Å². The van der Waals surface area contributed by atoms with E-state index in [0.717, 1.165) is 17.9 Å². The van der Waals surface area contributed by atoms with Gasteiger partial charge in [0.1, 0.15) is 31.5 Å². The molecule has 0 saturated heterocycles. The van der Waals surface area contributed by atoms with Crippen molar-refractivity contribution in [1.82, 2.24) is 0 Å². The van der Waals surface area contributed by atoms with Gasteiger partial charge in [0.15, 0.2) is 17.3 Å². The van der Waals surface area contributed by atoms with Crippen LogP contribution < -0.4 is 19.5 Å². The molecule has 0 heterocycles. The lowest BCUT2D eigenvalue weighted by molar-refractivity contribution is -0.676. The van der Waals surface area contributed by atoms with Gasteiger partial charge in [-0.3, -0.25) is 4.79 Å². The number of carbonyl (C=O) groups excluding carboxylic acids is 1. The van der Waals surface area contributed by atoms with Crippen LogP contribution in [0.4, 0.5) is 0 Å². The summed E-state index contributed by atoms with van der Waals surface area (Å²) in [6.45, 7) is 2.89. The highest BCUT2D eigenvalue weighted by molar-refractivity contribution is 5.94. The fourth-order valence-electron chi connectivity index (χ4n) is 2.50. The van der Waals surface area contributed by atoms with Crippen molar-refractivity contribution >= 4 is 5.78 Å². The van der Waals surface area contributed by atoms with Crippen LogP contribution in [0.5, 0.6) is 17.2 Å². The summed E-state index contributed by atoms with van der Waals surface area (Å²) in [5.74, 6) is 1.76. The second kappa shape index (κ2) is 9.79. The highest BCUT2D eigenvalue weighted by atomic mass is 16.5. The van der Waals surface area contributed by atoms with Crippen LogP contribution in [-0.2, 0) is 6.54 Å². The van der Waals surface area contributed by atoms with Crippen molar-refractivity contribution in [3.05, 3.63) is 53.6 Å². The minimum Gasteiger partial charge on any atom is -0.497 e. The van der Waals surface area contributed by atoms with Crippen LogP contribution in [-0.4, -0.2) is 44.4 Å². The third-order valence-electron chi connectivity index (χ3n) is 3.95. The molecule has 26 heavy (non-hydrogen) atoms. The predicted molar refractivity (Wildman–Crippen MR) is 98.0 cm³/mol. The molecule has 3 N–H and O–H groups in total. The lowest BCUT2D eigenvalue weighted by atomic mass is 10.1. The van der Waals surface area contributed by atoms with E-state index in [1.165, 1.54) is 14.0 Å². The van der Waals surface area contributed by atoms with Gasteiger partial charge in [0.25, 0.3) is 0 Å². The molecule has 0 spiro atoms. The van der Waals surface area contributed by atoms with Gasteiger partial charge in [-0.05, 0) is 37.3 Å². The quantitative estimate of drug-likeness (QED) is 0.626. The van der Waals surface area contributed by atoms with E-state index in [1.54, 1.807) is 25.3 Å². The molecule has 0 aliphatic carbocycles. The molecule has 0 fully saturated rings. The lowest BCUT2D eigenvalue weighted by Crippen LogP contribution is -2.85. The first-order valence-corrected chi connectivity index (χ1v) is 8.48. The Labute approximate surface area is 153 Å². The van der Waals surface area contributed by atoms with Crippen LogP contribution in [0.15, 0.2) is 42.5 Å². The molecule has 2 aromatic carbocycles. The summed E-state index contributed by atoms with van der Waals surface area (Å²) >= 11 is 0. The Bertz CT molecular complexity index is 732. The number of hydrogen-bond donors (Lipinski definition) is 2. The van der Waals surface area contributed by atoms with Crippen LogP contribution in [0.3, 0.4) is 0 Å². The average molecular weight is 360 g/mol. The number of ether oxygens (including phenoxy) is 3. The van der Waals surface area contributed by atoms with Crippen LogP contribution in [0, 0.1) is 0 Å². The first-order valence-electron chi connectivity index (χ1n) is 8.48. The highest BCUT2D eigenvalue weighted by Gasteiger charge is 2.12. The number of aliphatic hydroxyl groups is 1. The molecule has 0 aromatic heterocycles. The number of carbonyl (C=O) groups is 1. The van der Waals surface area contributed by atoms with Gasteiger partial charge < -0.3 is 24.6 Å². The third-order valence-corrected chi connectivity index (χ3v) is 3.95. The molecule has 0 aliphatic heterocycles. The van der Waals surface area contributed by atoms with Crippen LogP contribution in [0.25, 0.3) is 0 Å². The maximum Gasteiger partial charge on any atom is 0.161 e. The Morgan fingerprint density at radius 3 is 2.62 bits per heavy atom. The molecule has 0 saturated carbocycles. The zero-order valence-corrected chi connectivity index (χ0v) is 15.4. The second-order valence-electron chi connectivity index (χ2n) is 5.97. The summed E-state index contributed by atoms with van der Waals surface area (Å²) in [5.41, 5.74) is 1.68. The number of rotatable bonds is 10. The number of methoxy groups -OCH3 is 2. The van der Waals surface area contributed by atoms with Gasteiger partial charge in [-0.15, -0.1) is 0 Å². The van der Waals surface area contributed by atoms with E-state index < -0.39 is 6.10 Å². The van der Waals surface area contributed by atoms with E-state index in [1.807, 2.05) is 29.6 Å². The van der Waals surface area contributed by atoms with Crippen molar-refractivity contribution in [3.8, 4) is 17.2 Å². The molecule has 140 valence electrons. The van der Waals surface area contributed by atoms with E-state index in [4.69, 9.17) is 14.2 Å². The molecule has 2 rings (SSSR count). The number of benzene rings is 2. The van der Waals surface area contributed by atoms with Crippen molar-refractivity contribution in [1.29, 1.82) is 0 Å². The number of aliphatic hydroxyl groups excluding tert-OH is 1. The summed E-state index contributed by atoms with van der Waals surface area (Å²) in [5, 5.41) is 12.1. The Morgan fingerprint density at radius 1 is 1.12 bits per heavy atom. The van der Waals surface area contributed by atoms with Gasteiger partial charge in [0.2, 0.25) is 0 Å². The smallest absolute Gasteiger partial charge is 0.161 e. The Balaban J connectivity index is 1.81. The minimum atomic E-state index is -0.627. The van der Waals surface area contributed by atoms with Gasteiger partial charge in [-0.25, -0.2) is 0 Å². The molecule has 6 nitrogen and oxygen atoms in total. The van der Waals surface area contributed by atoms with Crippen LogP contribution in [0.1, 0.15) is 22.8 Å². The van der Waals surface area contributed by atoms with Crippen molar-refractivity contribution in [2.45, 2.75) is 19.6 Å². The molecule has 0 unspecified atom stereocenters. The van der Waals surface area contributed by atoms with Crippen LogP contribution >= 0.6 is 0 Å². The number of hydrogen-bond acceptors (Lipinski definition) is 5. The standard InChI is InChI=1S/C20H25NO5/c1-14(22)16-7-8-19(20(10-16)25-3)26-13-17(23)12-21-11-15-5-4-6-18(9-15)24-2/h4-10,17,21,23H,11-13H2,1-3H3/p+1/t17-/m0/s1. The monoisotopic (exact) mass is 360 g/mol. The van der Waals surface area contributed by atoms with E-state index in [9.17, 15) is 9.90 Å². The molecule has 6 heteroatoms. The summed E-state index contributed by atoms with van der Waals surface area (Å²) in [6, 6.07) is 12.8. The largest absolute Gasteiger partial charge is 0.497 e. The maximum absolute atomic E-state index is 11.4. The highest BCUT2D eigenvalue weighted by Crippen LogP contribution is 2.28. The first kappa shape index (κ1) is 19.8. The van der Waals surface area contributed by atoms with Gasteiger partial charge in [-0.2, -0.15) is 0 Å². The molecular weight excluding hydrogens is 334 g/mol. The molecule has 2 aromatic rings. The maximum atomic E-state index is 11.4. The van der Waals surface area contributed by atoms with E-state index >= 15 is 0 Å². The number of quaternary nitrogens is 1. The number of ketones is 1. The molecule has 0 amide bonds. The molecule has 0 aliphatic rings. The molecule has 0 radical (unpaired) electrons. The first-order chi connectivity index (χ1) is 12.5. The molecule has 0 bridgehead atoms. The minimum absolute atomic E-state index is 0.0398. The second-order valence-corrected chi connectivity index (χ2v) is 5.97.